The minimum atomic E-state index is 0. The third-order valence-electron chi connectivity index (χ3n) is 2.67. The van der Waals surface area contributed by atoms with Gasteiger partial charge in [0, 0.05) is 45.5 Å². The second kappa shape index (κ2) is 10.7. The van der Waals surface area contributed by atoms with Crippen LogP contribution < -0.4 is 5.32 Å². The Labute approximate surface area is 139 Å². The second-order valence-electron chi connectivity index (χ2n) is 4.47. The van der Waals surface area contributed by atoms with E-state index < -0.39 is 0 Å². The standard InChI is InChI=1S/C14H25N5.HI/c1-5-7-8-9-16-14(15-6-2)18(3)11-13-10-17-19(4)12-13;/h5,7,10,12H,6,8-9,11H2,1-4H3,(H,15,16);1H/b7-5+;. The molecule has 1 N–H and O–H groups in total. The molecule has 0 saturated heterocycles. The molecule has 1 aromatic heterocycles. The van der Waals surface area contributed by atoms with Crippen molar-refractivity contribution in [2.75, 3.05) is 20.1 Å². The SMILES string of the molecule is C/C=C/CCN=C(NCC)N(C)Cc1cnn(C)c1.I. The Kier molecular flexibility index (Phi) is 10.1. The van der Waals surface area contributed by atoms with Gasteiger partial charge in [0.1, 0.15) is 0 Å². The largest absolute Gasteiger partial charge is 0.357 e. The molecule has 0 aliphatic carbocycles. The summed E-state index contributed by atoms with van der Waals surface area (Å²) in [5.74, 6) is 0.941. The van der Waals surface area contributed by atoms with Gasteiger partial charge in [0.25, 0.3) is 0 Å². The first-order chi connectivity index (χ1) is 9.17. The van der Waals surface area contributed by atoms with Gasteiger partial charge in [-0.05, 0) is 20.3 Å². The molecule has 0 radical (unpaired) electrons. The van der Waals surface area contributed by atoms with Crippen molar-refractivity contribution in [1.29, 1.82) is 0 Å². The van der Waals surface area contributed by atoms with Gasteiger partial charge in [-0.15, -0.1) is 24.0 Å². The number of rotatable bonds is 6. The van der Waals surface area contributed by atoms with Gasteiger partial charge < -0.3 is 10.2 Å². The summed E-state index contributed by atoms with van der Waals surface area (Å²) < 4.78 is 1.82. The topological polar surface area (TPSA) is 45.5 Å². The Morgan fingerprint density at radius 3 is 2.85 bits per heavy atom. The van der Waals surface area contributed by atoms with Gasteiger partial charge in [0.05, 0.1) is 6.20 Å². The van der Waals surface area contributed by atoms with Crippen LogP contribution in [0.3, 0.4) is 0 Å². The first-order valence-corrected chi connectivity index (χ1v) is 6.75. The van der Waals surface area contributed by atoms with E-state index in [0.29, 0.717) is 0 Å². The van der Waals surface area contributed by atoms with Crippen LogP contribution in [0.15, 0.2) is 29.5 Å². The second-order valence-corrected chi connectivity index (χ2v) is 4.47. The average molecular weight is 391 g/mol. The van der Waals surface area contributed by atoms with Crippen LogP contribution in [0.2, 0.25) is 0 Å². The smallest absolute Gasteiger partial charge is 0.193 e. The van der Waals surface area contributed by atoms with Crippen molar-refractivity contribution in [2.45, 2.75) is 26.8 Å². The van der Waals surface area contributed by atoms with Crippen molar-refractivity contribution < 1.29 is 0 Å². The molecule has 0 aliphatic rings. The maximum absolute atomic E-state index is 4.61. The van der Waals surface area contributed by atoms with Crippen LogP contribution >= 0.6 is 24.0 Å². The van der Waals surface area contributed by atoms with E-state index in [1.807, 2.05) is 38.1 Å². The molecule has 1 rings (SSSR count). The Hall–Kier alpha value is -1.05. The van der Waals surface area contributed by atoms with Crippen molar-refractivity contribution >= 4 is 29.9 Å². The monoisotopic (exact) mass is 391 g/mol. The maximum Gasteiger partial charge on any atom is 0.193 e. The zero-order valence-electron chi connectivity index (χ0n) is 12.8. The molecule has 0 bridgehead atoms. The van der Waals surface area contributed by atoms with E-state index in [9.17, 15) is 0 Å². The molecule has 114 valence electrons. The van der Waals surface area contributed by atoms with Gasteiger partial charge in [-0.1, -0.05) is 12.2 Å². The lowest BCUT2D eigenvalue weighted by atomic mass is 10.3. The van der Waals surface area contributed by atoms with E-state index in [1.165, 1.54) is 5.56 Å². The Balaban J connectivity index is 0.00000361. The summed E-state index contributed by atoms with van der Waals surface area (Å²) in [6, 6.07) is 0. The van der Waals surface area contributed by atoms with Crippen LogP contribution in [0, 0.1) is 0 Å². The van der Waals surface area contributed by atoms with Crippen molar-refractivity contribution in [3.05, 3.63) is 30.1 Å². The fourth-order valence-electron chi connectivity index (χ4n) is 1.78. The van der Waals surface area contributed by atoms with Crippen LogP contribution in [0.25, 0.3) is 0 Å². The number of hydrogen-bond acceptors (Lipinski definition) is 2. The summed E-state index contributed by atoms with van der Waals surface area (Å²) in [4.78, 5) is 6.73. The number of aromatic nitrogens is 2. The molecular weight excluding hydrogens is 365 g/mol. The quantitative estimate of drug-likeness (QED) is 0.266. The molecule has 0 amide bonds. The lowest BCUT2D eigenvalue weighted by Gasteiger charge is -2.21. The summed E-state index contributed by atoms with van der Waals surface area (Å²) in [5, 5.41) is 7.49. The molecule has 0 saturated carbocycles. The number of hydrogen-bond donors (Lipinski definition) is 1. The lowest BCUT2D eigenvalue weighted by molar-refractivity contribution is 0.477. The van der Waals surface area contributed by atoms with Crippen LogP contribution in [0.1, 0.15) is 25.8 Å². The first-order valence-electron chi connectivity index (χ1n) is 6.75. The van der Waals surface area contributed by atoms with Crippen LogP contribution in [-0.4, -0.2) is 40.8 Å². The minimum absolute atomic E-state index is 0. The number of guanidine groups is 1. The van der Waals surface area contributed by atoms with E-state index in [4.69, 9.17) is 0 Å². The molecule has 0 aliphatic heterocycles. The molecule has 1 aromatic rings. The van der Waals surface area contributed by atoms with Gasteiger partial charge in [0.2, 0.25) is 0 Å². The van der Waals surface area contributed by atoms with Crippen molar-refractivity contribution in [2.24, 2.45) is 12.0 Å². The van der Waals surface area contributed by atoms with Gasteiger partial charge >= 0.3 is 0 Å². The summed E-state index contributed by atoms with van der Waals surface area (Å²) in [6.07, 6.45) is 9.09. The number of nitrogens with one attached hydrogen (secondary N) is 1. The molecular formula is C14H26IN5. The van der Waals surface area contributed by atoms with E-state index in [1.54, 1.807) is 0 Å². The Bertz CT molecular complexity index is 425. The van der Waals surface area contributed by atoms with E-state index in [0.717, 1.165) is 32.0 Å². The molecule has 1 heterocycles. The van der Waals surface area contributed by atoms with Crippen LogP contribution in [0.4, 0.5) is 0 Å². The molecule has 5 nitrogen and oxygen atoms in total. The Morgan fingerprint density at radius 1 is 1.55 bits per heavy atom. The highest BCUT2D eigenvalue weighted by molar-refractivity contribution is 14.0. The number of allylic oxidation sites excluding steroid dienone is 1. The van der Waals surface area contributed by atoms with Gasteiger partial charge in [0.15, 0.2) is 5.96 Å². The van der Waals surface area contributed by atoms with Gasteiger partial charge in [-0.3, -0.25) is 9.67 Å². The Morgan fingerprint density at radius 2 is 2.30 bits per heavy atom. The highest BCUT2D eigenvalue weighted by Gasteiger charge is 2.07. The predicted octanol–water partition coefficient (Wildman–Crippen LogP) is 2.40. The molecule has 0 fully saturated rings. The highest BCUT2D eigenvalue weighted by Crippen LogP contribution is 2.01. The first kappa shape index (κ1) is 18.9. The predicted molar refractivity (Wildman–Crippen MR) is 95.5 cm³/mol. The normalized spacial score (nSPS) is 11.5. The van der Waals surface area contributed by atoms with Crippen LogP contribution in [0.5, 0.6) is 0 Å². The summed E-state index contributed by atoms with van der Waals surface area (Å²) in [7, 11) is 3.98. The molecule has 0 unspecified atom stereocenters. The number of aliphatic imine (C=N–C) groups is 1. The van der Waals surface area contributed by atoms with Gasteiger partial charge in [-0.2, -0.15) is 5.10 Å². The van der Waals surface area contributed by atoms with Crippen molar-refractivity contribution in [3.63, 3.8) is 0 Å². The number of aryl methyl sites for hydroxylation is 1. The lowest BCUT2D eigenvalue weighted by Crippen LogP contribution is -2.38. The van der Waals surface area contributed by atoms with Crippen LogP contribution in [-0.2, 0) is 13.6 Å². The summed E-state index contributed by atoms with van der Waals surface area (Å²) in [5.41, 5.74) is 1.18. The number of halogens is 1. The van der Waals surface area contributed by atoms with Crippen molar-refractivity contribution in [3.8, 4) is 0 Å². The fourth-order valence-corrected chi connectivity index (χ4v) is 1.78. The number of nitrogens with zero attached hydrogens (tertiary/aromatic N) is 4. The average Bonchev–Trinajstić information content (AvgIpc) is 2.78. The maximum atomic E-state index is 4.61. The van der Waals surface area contributed by atoms with E-state index in [2.05, 4.69) is 39.4 Å². The van der Waals surface area contributed by atoms with Gasteiger partial charge in [-0.25, -0.2) is 0 Å². The molecule has 6 heteroatoms. The highest BCUT2D eigenvalue weighted by atomic mass is 127. The zero-order valence-corrected chi connectivity index (χ0v) is 15.2. The molecule has 0 spiro atoms. The summed E-state index contributed by atoms with van der Waals surface area (Å²) in [6.45, 7) is 6.61. The van der Waals surface area contributed by atoms with E-state index in [-0.39, 0.29) is 24.0 Å². The molecule has 20 heavy (non-hydrogen) atoms. The van der Waals surface area contributed by atoms with E-state index >= 15 is 0 Å². The van der Waals surface area contributed by atoms with Crippen molar-refractivity contribution in [1.82, 2.24) is 20.0 Å². The third kappa shape index (κ3) is 6.93. The fraction of sp³-hybridized carbons (Fsp3) is 0.571. The molecule has 0 atom stereocenters. The zero-order chi connectivity index (χ0) is 14.1. The minimum Gasteiger partial charge on any atom is -0.357 e. The molecule has 0 aromatic carbocycles. The summed E-state index contributed by atoms with van der Waals surface area (Å²) >= 11 is 0. The third-order valence-corrected chi connectivity index (χ3v) is 2.67.